The fraction of sp³-hybridized carbons (Fsp3) is 0.393. The molecule has 1 N–H and O–H groups in total. The molecule has 3 aromatic rings. The second-order valence-electron chi connectivity index (χ2n) is 9.42. The van der Waals surface area contributed by atoms with Crippen molar-refractivity contribution in [1.29, 1.82) is 0 Å². The third-order valence-electron chi connectivity index (χ3n) is 6.12. The normalized spacial score (nSPS) is 15.0. The van der Waals surface area contributed by atoms with Gasteiger partial charge in [-0.25, -0.2) is 9.37 Å². The van der Waals surface area contributed by atoms with Gasteiger partial charge >= 0.3 is 0 Å². The van der Waals surface area contributed by atoms with Crippen molar-refractivity contribution in [3.8, 4) is 5.75 Å². The van der Waals surface area contributed by atoms with Gasteiger partial charge in [0.15, 0.2) is 0 Å². The quantitative estimate of drug-likeness (QED) is 0.412. The second-order valence-corrected chi connectivity index (χ2v) is 10.4. The molecule has 2 aromatic carbocycles. The van der Waals surface area contributed by atoms with Crippen LogP contribution in [-0.2, 0) is 17.8 Å². The number of nitrogens with zero attached hydrogens (tertiary/aromatic N) is 2. The van der Waals surface area contributed by atoms with E-state index >= 15 is 0 Å². The van der Waals surface area contributed by atoms with Crippen LogP contribution < -0.4 is 10.1 Å². The highest BCUT2D eigenvalue weighted by molar-refractivity contribution is 7.09. The average Bonchev–Trinajstić information content (AvgIpc) is 3.34. The predicted octanol–water partition coefficient (Wildman–Crippen LogP) is 5.52. The Labute approximate surface area is 215 Å². The highest BCUT2D eigenvalue weighted by atomic mass is 32.1. The fourth-order valence-corrected chi connectivity index (χ4v) is 5.06. The number of halogens is 1. The van der Waals surface area contributed by atoms with E-state index in [4.69, 9.17) is 4.74 Å². The van der Waals surface area contributed by atoms with E-state index in [1.54, 1.807) is 17.5 Å². The van der Waals surface area contributed by atoms with E-state index in [0.29, 0.717) is 36.0 Å². The number of aromatic nitrogens is 1. The van der Waals surface area contributed by atoms with Crippen molar-refractivity contribution in [2.45, 2.75) is 52.7 Å². The molecule has 1 aromatic heterocycles. The van der Waals surface area contributed by atoms with Crippen LogP contribution in [0.2, 0.25) is 0 Å². The number of hydrogen-bond acceptors (Lipinski definition) is 5. The minimum absolute atomic E-state index is 0.0907. The van der Waals surface area contributed by atoms with E-state index in [9.17, 15) is 14.0 Å². The van der Waals surface area contributed by atoms with Gasteiger partial charge in [-0.2, -0.15) is 0 Å². The predicted molar refractivity (Wildman–Crippen MR) is 139 cm³/mol. The topological polar surface area (TPSA) is 71.5 Å². The lowest BCUT2D eigenvalue weighted by Crippen LogP contribution is -2.41. The standard InChI is InChI=1S/C28H32FN3O3S/c1-4-12-30-28(34)24-17-36-25(31-24)16-35-22-10-7-19-11-13-32(26(33)14-18(2)3)27(23(19)15-22)20-5-8-21(29)9-6-20/h5-10,15,17-18,27H,4,11-14,16H2,1-3H3,(H,30,34). The Morgan fingerprint density at radius 1 is 1.22 bits per heavy atom. The Kier molecular flexibility index (Phi) is 8.36. The van der Waals surface area contributed by atoms with Gasteiger partial charge in [0.2, 0.25) is 5.91 Å². The first-order chi connectivity index (χ1) is 17.4. The van der Waals surface area contributed by atoms with Crippen molar-refractivity contribution in [3.63, 3.8) is 0 Å². The summed E-state index contributed by atoms with van der Waals surface area (Å²) in [6.07, 6.45) is 2.07. The maximum atomic E-state index is 13.7. The maximum Gasteiger partial charge on any atom is 0.270 e. The molecular weight excluding hydrogens is 477 g/mol. The van der Waals surface area contributed by atoms with Crippen LogP contribution in [0.3, 0.4) is 0 Å². The third kappa shape index (κ3) is 6.10. The average molecular weight is 510 g/mol. The van der Waals surface area contributed by atoms with Crippen molar-refractivity contribution in [2.24, 2.45) is 5.92 Å². The monoisotopic (exact) mass is 509 g/mol. The first-order valence-corrected chi connectivity index (χ1v) is 13.3. The Morgan fingerprint density at radius 3 is 2.72 bits per heavy atom. The Bertz CT molecular complexity index is 1210. The number of thiazole rings is 1. The third-order valence-corrected chi connectivity index (χ3v) is 6.94. The van der Waals surface area contributed by atoms with Gasteiger partial charge < -0.3 is 15.0 Å². The van der Waals surface area contributed by atoms with Crippen molar-refractivity contribution in [2.75, 3.05) is 13.1 Å². The molecule has 1 atom stereocenters. The Balaban J connectivity index is 1.56. The molecule has 8 heteroatoms. The highest BCUT2D eigenvalue weighted by Crippen LogP contribution is 2.38. The summed E-state index contributed by atoms with van der Waals surface area (Å²) in [5.74, 6) is 0.508. The van der Waals surface area contributed by atoms with Gasteiger partial charge in [-0.3, -0.25) is 9.59 Å². The lowest BCUT2D eigenvalue weighted by Gasteiger charge is -2.38. The molecule has 2 amide bonds. The van der Waals surface area contributed by atoms with Crippen LogP contribution in [0, 0.1) is 11.7 Å². The molecule has 0 radical (unpaired) electrons. The zero-order valence-corrected chi connectivity index (χ0v) is 21.7. The van der Waals surface area contributed by atoms with Crippen molar-refractivity contribution < 1.29 is 18.7 Å². The first kappa shape index (κ1) is 25.8. The fourth-order valence-electron chi connectivity index (χ4n) is 4.38. The van der Waals surface area contributed by atoms with Crippen molar-refractivity contribution in [1.82, 2.24) is 15.2 Å². The van der Waals surface area contributed by atoms with Gasteiger partial charge in [0.25, 0.3) is 5.91 Å². The molecule has 36 heavy (non-hydrogen) atoms. The summed E-state index contributed by atoms with van der Waals surface area (Å²) >= 11 is 1.38. The number of fused-ring (bicyclic) bond motifs is 1. The summed E-state index contributed by atoms with van der Waals surface area (Å²) in [6.45, 7) is 7.53. The molecule has 4 rings (SSSR count). The number of nitrogens with one attached hydrogen (secondary N) is 1. The van der Waals surface area contributed by atoms with E-state index in [0.717, 1.165) is 29.5 Å². The van der Waals surface area contributed by atoms with Crippen molar-refractivity contribution in [3.05, 3.63) is 81.1 Å². The number of amides is 2. The van der Waals surface area contributed by atoms with Gasteiger partial charge in [-0.1, -0.05) is 39.0 Å². The molecule has 0 aliphatic carbocycles. The van der Waals surface area contributed by atoms with Gasteiger partial charge in [0.1, 0.15) is 28.9 Å². The van der Waals surface area contributed by atoms with E-state index in [2.05, 4.69) is 10.3 Å². The van der Waals surface area contributed by atoms with Crippen LogP contribution in [0.1, 0.15) is 71.8 Å². The van der Waals surface area contributed by atoms with Crippen LogP contribution in [0.5, 0.6) is 5.75 Å². The number of benzene rings is 2. The Hall–Kier alpha value is -3.26. The first-order valence-electron chi connectivity index (χ1n) is 12.4. The lowest BCUT2D eigenvalue weighted by atomic mass is 9.87. The molecule has 190 valence electrons. The SMILES string of the molecule is CCCNC(=O)c1csc(COc2ccc3c(c2)C(c2ccc(F)cc2)N(C(=O)CC(C)C)CC3)n1. The van der Waals surface area contributed by atoms with E-state index in [1.165, 1.54) is 23.5 Å². The molecule has 0 saturated heterocycles. The molecule has 6 nitrogen and oxygen atoms in total. The van der Waals surface area contributed by atoms with Crippen LogP contribution >= 0.6 is 11.3 Å². The molecule has 2 heterocycles. The molecule has 1 unspecified atom stereocenters. The van der Waals surface area contributed by atoms with E-state index in [1.807, 2.05) is 43.9 Å². The summed E-state index contributed by atoms with van der Waals surface area (Å²) in [6, 6.07) is 12.0. The van der Waals surface area contributed by atoms with Gasteiger partial charge in [-0.15, -0.1) is 11.3 Å². The number of carbonyl (C=O) groups excluding carboxylic acids is 2. The van der Waals surface area contributed by atoms with Crippen LogP contribution in [0.25, 0.3) is 0 Å². The minimum atomic E-state index is -0.308. The minimum Gasteiger partial charge on any atom is -0.486 e. The molecule has 1 aliphatic rings. The van der Waals surface area contributed by atoms with Crippen LogP contribution in [0.15, 0.2) is 47.8 Å². The number of carbonyl (C=O) groups is 2. The summed E-state index contributed by atoms with van der Waals surface area (Å²) in [5.41, 5.74) is 3.40. The van der Waals surface area contributed by atoms with Crippen LogP contribution in [0.4, 0.5) is 4.39 Å². The number of ether oxygens (including phenoxy) is 1. The number of hydrogen-bond donors (Lipinski definition) is 1. The zero-order valence-electron chi connectivity index (χ0n) is 20.9. The summed E-state index contributed by atoms with van der Waals surface area (Å²) in [4.78, 5) is 31.6. The Morgan fingerprint density at radius 2 is 2.00 bits per heavy atom. The second kappa shape index (κ2) is 11.6. The lowest BCUT2D eigenvalue weighted by molar-refractivity contribution is -0.134. The summed E-state index contributed by atoms with van der Waals surface area (Å²) in [7, 11) is 0. The zero-order chi connectivity index (χ0) is 25.7. The molecular formula is C28H32FN3O3S. The van der Waals surface area contributed by atoms with Gasteiger partial charge in [-0.05, 0) is 59.7 Å². The largest absolute Gasteiger partial charge is 0.486 e. The van der Waals surface area contributed by atoms with E-state index < -0.39 is 0 Å². The van der Waals surface area contributed by atoms with Crippen LogP contribution in [-0.4, -0.2) is 34.8 Å². The van der Waals surface area contributed by atoms with Crippen molar-refractivity contribution >= 4 is 23.2 Å². The summed E-state index contributed by atoms with van der Waals surface area (Å²) in [5, 5.41) is 5.27. The van der Waals surface area contributed by atoms with E-state index in [-0.39, 0.29) is 36.2 Å². The molecule has 0 bridgehead atoms. The molecule has 0 spiro atoms. The number of rotatable bonds is 9. The highest BCUT2D eigenvalue weighted by Gasteiger charge is 2.32. The summed E-state index contributed by atoms with van der Waals surface area (Å²) < 4.78 is 19.7. The maximum absolute atomic E-state index is 13.7. The van der Waals surface area contributed by atoms with Gasteiger partial charge in [0, 0.05) is 24.9 Å². The smallest absolute Gasteiger partial charge is 0.270 e. The van der Waals surface area contributed by atoms with Gasteiger partial charge in [0.05, 0.1) is 6.04 Å². The molecule has 0 fully saturated rings. The molecule has 1 aliphatic heterocycles. The molecule has 0 saturated carbocycles.